The Balaban J connectivity index is 1.77. The molecule has 0 unspecified atom stereocenters. The first-order chi connectivity index (χ1) is 14.2. The van der Waals surface area contributed by atoms with Crippen molar-refractivity contribution in [3.8, 4) is 5.75 Å². The van der Waals surface area contributed by atoms with E-state index in [0.29, 0.717) is 18.1 Å². The molecule has 29 heavy (non-hydrogen) atoms. The Morgan fingerprint density at radius 3 is 2.34 bits per heavy atom. The number of rotatable bonds is 5. The second kappa shape index (κ2) is 8.45. The number of amidine groups is 1. The van der Waals surface area contributed by atoms with Crippen LogP contribution in [-0.4, -0.2) is 18.3 Å². The third-order valence-electron chi connectivity index (χ3n) is 4.48. The highest BCUT2D eigenvalue weighted by molar-refractivity contribution is 9.10. The Morgan fingerprint density at radius 1 is 0.966 bits per heavy atom. The molecule has 0 radical (unpaired) electrons. The number of hydrogen-bond donors (Lipinski definition) is 0. The molecule has 0 N–H and O–H groups in total. The molecule has 1 aliphatic heterocycles. The van der Waals surface area contributed by atoms with Gasteiger partial charge in [0.15, 0.2) is 0 Å². The van der Waals surface area contributed by atoms with Gasteiger partial charge in [0.05, 0.1) is 12.3 Å². The van der Waals surface area contributed by atoms with Gasteiger partial charge in [0, 0.05) is 10.0 Å². The average molecular weight is 447 g/mol. The van der Waals surface area contributed by atoms with E-state index in [1.165, 1.54) is 0 Å². The molecule has 0 fully saturated rings. The number of carbonyl (C=O) groups excluding carboxylic acids is 1. The molecule has 0 saturated heterocycles. The summed E-state index contributed by atoms with van der Waals surface area (Å²) in [6, 6.07) is 25.0. The van der Waals surface area contributed by atoms with Crippen LogP contribution in [0.5, 0.6) is 5.75 Å². The number of aliphatic imine (C=N–C) groups is 1. The number of hydrogen-bond acceptors (Lipinski definition) is 3. The molecule has 0 bridgehead atoms. The molecule has 144 valence electrons. The second-order valence-electron chi connectivity index (χ2n) is 6.42. The van der Waals surface area contributed by atoms with Crippen LogP contribution in [0.4, 0.5) is 5.69 Å². The molecular weight excluding hydrogens is 428 g/mol. The van der Waals surface area contributed by atoms with Crippen molar-refractivity contribution in [3.63, 3.8) is 0 Å². The van der Waals surface area contributed by atoms with Gasteiger partial charge >= 0.3 is 0 Å². The van der Waals surface area contributed by atoms with Crippen LogP contribution in [0, 0.1) is 0 Å². The second-order valence-corrected chi connectivity index (χ2v) is 7.28. The minimum atomic E-state index is -0.157. The number of carbonyl (C=O) groups is 1. The van der Waals surface area contributed by atoms with E-state index >= 15 is 0 Å². The summed E-state index contributed by atoms with van der Waals surface area (Å²) in [6.45, 7) is 2.56. The molecule has 0 aliphatic carbocycles. The molecule has 0 aromatic heterocycles. The number of para-hydroxylation sites is 1. The first-order valence-electron chi connectivity index (χ1n) is 9.35. The van der Waals surface area contributed by atoms with Gasteiger partial charge in [-0.1, -0.05) is 64.5 Å². The summed E-state index contributed by atoms with van der Waals surface area (Å²) in [6.07, 6.45) is 1.80. The highest BCUT2D eigenvalue weighted by Crippen LogP contribution is 2.30. The third-order valence-corrected chi connectivity index (χ3v) is 5.18. The maximum atomic E-state index is 13.3. The van der Waals surface area contributed by atoms with Crippen LogP contribution in [0.1, 0.15) is 18.1 Å². The molecule has 1 amide bonds. The summed E-state index contributed by atoms with van der Waals surface area (Å²) in [5, 5.41) is 0. The van der Waals surface area contributed by atoms with Gasteiger partial charge in [-0.15, -0.1) is 0 Å². The summed E-state index contributed by atoms with van der Waals surface area (Å²) in [5.74, 6) is 1.25. The van der Waals surface area contributed by atoms with Gasteiger partial charge in [-0.05, 0) is 48.9 Å². The Kier molecular flexibility index (Phi) is 5.58. The normalized spacial score (nSPS) is 15.0. The number of amides is 1. The Morgan fingerprint density at radius 2 is 1.66 bits per heavy atom. The van der Waals surface area contributed by atoms with E-state index < -0.39 is 0 Å². The molecular formula is C24H19BrN2O2. The summed E-state index contributed by atoms with van der Waals surface area (Å²) in [5.41, 5.74) is 2.92. The van der Waals surface area contributed by atoms with Crippen molar-refractivity contribution in [2.24, 2.45) is 4.99 Å². The Labute approximate surface area is 178 Å². The van der Waals surface area contributed by atoms with Crippen LogP contribution in [0.3, 0.4) is 0 Å². The van der Waals surface area contributed by atoms with Crippen LogP contribution in [0.2, 0.25) is 0 Å². The minimum absolute atomic E-state index is 0.157. The standard InChI is InChI=1S/C24H19BrN2O2/c1-2-29-19-14-12-17(13-15-19)16-22-24(28)27(18-8-4-3-5-9-18)23(26-22)20-10-6-7-11-21(20)25/h3-16H,2H2,1H3/b22-16+. The number of nitrogens with zero attached hydrogens (tertiary/aromatic N) is 2. The van der Waals surface area contributed by atoms with E-state index in [1.807, 2.05) is 85.8 Å². The molecule has 5 heteroatoms. The zero-order valence-corrected chi connectivity index (χ0v) is 17.5. The van der Waals surface area contributed by atoms with Crippen molar-refractivity contribution in [2.45, 2.75) is 6.92 Å². The number of benzene rings is 3. The first kappa shape index (κ1) is 19.2. The molecule has 1 aliphatic rings. The third kappa shape index (κ3) is 4.00. The van der Waals surface area contributed by atoms with E-state index in [-0.39, 0.29) is 5.91 Å². The van der Waals surface area contributed by atoms with E-state index in [2.05, 4.69) is 15.9 Å². The van der Waals surface area contributed by atoms with Crippen LogP contribution >= 0.6 is 15.9 Å². The monoisotopic (exact) mass is 446 g/mol. The minimum Gasteiger partial charge on any atom is -0.494 e. The number of anilines is 1. The van der Waals surface area contributed by atoms with E-state index in [4.69, 9.17) is 9.73 Å². The SMILES string of the molecule is CCOc1ccc(/C=C2/N=C(c3ccccc3Br)N(c3ccccc3)C2=O)cc1. The summed E-state index contributed by atoms with van der Waals surface area (Å²) >= 11 is 3.58. The lowest BCUT2D eigenvalue weighted by molar-refractivity contribution is -0.113. The van der Waals surface area contributed by atoms with Gasteiger partial charge in [-0.2, -0.15) is 0 Å². The molecule has 3 aromatic carbocycles. The molecule has 0 atom stereocenters. The van der Waals surface area contributed by atoms with E-state index in [1.54, 1.807) is 11.0 Å². The van der Waals surface area contributed by atoms with Crippen molar-refractivity contribution in [2.75, 3.05) is 11.5 Å². The van der Waals surface area contributed by atoms with Crippen molar-refractivity contribution in [1.82, 2.24) is 0 Å². The van der Waals surface area contributed by atoms with Crippen molar-refractivity contribution in [3.05, 3.63) is 100 Å². The lowest BCUT2D eigenvalue weighted by Gasteiger charge is -2.19. The molecule has 0 spiro atoms. The average Bonchev–Trinajstić information content (AvgIpc) is 3.06. The molecule has 3 aromatic rings. The van der Waals surface area contributed by atoms with Crippen LogP contribution in [0.15, 0.2) is 94.0 Å². The quantitative estimate of drug-likeness (QED) is 0.472. The van der Waals surface area contributed by atoms with E-state index in [0.717, 1.165) is 27.0 Å². The fraction of sp³-hybridized carbons (Fsp3) is 0.0833. The lowest BCUT2D eigenvalue weighted by atomic mass is 10.1. The van der Waals surface area contributed by atoms with Crippen LogP contribution in [-0.2, 0) is 4.79 Å². The number of ether oxygens (including phenoxy) is 1. The molecule has 1 heterocycles. The van der Waals surface area contributed by atoms with Crippen molar-refractivity contribution in [1.29, 1.82) is 0 Å². The topological polar surface area (TPSA) is 41.9 Å². The Bertz CT molecular complexity index is 1090. The maximum Gasteiger partial charge on any atom is 0.282 e. The summed E-state index contributed by atoms with van der Waals surface area (Å²) < 4.78 is 6.37. The van der Waals surface area contributed by atoms with Crippen molar-refractivity contribution < 1.29 is 9.53 Å². The fourth-order valence-electron chi connectivity index (χ4n) is 3.14. The first-order valence-corrected chi connectivity index (χ1v) is 10.1. The van der Waals surface area contributed by atoms with Gasteiger partial charge in [0.1, 0.15) is 17.3 Å². The predicted octanol–water partition coefficient (Wildman–Crippen LogP) is 5.68. The predicted molar refractivity (Wildman–Crippen MR) is 120 cm³/mol. The van der Waals surface area contributed by atoms with Gasteiger partial charge in [0.2, 0.25) is 0 Å². The van der Waals surface area contributed by atoms with Crippen molar-refractivity contribution >= 4 is 39.4 Å². The summed E-state index contributed by atoms with van der Waals surface area (Å²) in [7, 11) is 0. The molecule has 4 rings (SSSR count). The maximum absolute atomic E-state index is 13.3. The lowest BCUT2D eigenvalue weighted by Crippen LogP contribution is -2.32. The van der Waals surface area contributed by atoms with Gasteiger partial charge in [-0.3, -0.25) is 9.69 Å². The largest absolute Gasteiger partial charge is 0.494 e. The van der Waals surface area contributed by atoms with Crippen LogP contribution < -0.4 is 9.64 Å². The van der Waals surface area contributed by atoms with Crippen LogP contribution in [0.25, 0.3) is 6.08 Å². The van der Waals surface area contributed by atoms with Gasteiger partial charge < -0.3 is 4.74 Å². The fourth-order valence-corrected chi connectivity index (χ4v) is 3.60. The Hall–Kier alpha value is -3.18. The highest BCUT2D eigenvalue weighted by atomic mass is 79.9. The molecule has 0 saturated carbocycles. The smallest absolute Gasteiger partial charge is 0.282 e. The van der Waals surface area contributed by atoms with Gasteiger partial charge in [-0.25, -0.2) is 4.99 Å². The highest BCUT2D eigenvalue weighted by Gasteiger charge is 2.33. The molecule has 4 nitrogen and oxygen atoms in total. The zero-order chi connectivity index (χ0) is 20.2. The summed E-state index contributed by atoms with van der Waals surface area (Å²) in [4.78, 5) is 19.6. The van der Waals surface area contributed by atoms with E-state index in [9.17, 15) is 4.79 Å². The van der Waals surface area contributed by atoms with Gasteiger partial charge in [0.25, 0.3) is 5.91 Å². The zero-order valence-electron chi connectivity index (χ0n) is 15.9. The number of halogens is 1.